The molecule has 13 heavy (non-hydrogen) atoms. The second kappa shape index (κ2) is 4.87. The molecule has 76 valence electrons. The number of ether oxygens (including phenoxy) is 1. The fourth-order valence-corrected chi connectivity index (χ4v) is 1.09. The van der Waals surface area contributed by atoms with Crippen LogP contribution in [0.15, 0.2) is 12.7 Å². The van der Waals surface area contributed by atoms with E-state index in [0.29, 0.717) is 6.42 Å². The van der Waals surface area contributed by atoms with E-state index < -0.39 is 12.2 Å². The molecule has 0 aliphatic heterocycles. The average molecular weight is 187 g/mol. The smallest absolute Gasteiger partial charge is 0.404 e. The molecule has 0 fully saturated rings. The summed E-state index contributed by atoms with van der Waals surface area (Å²) < 4.78 is 4.76. The highest BCUT2D eigenvalue weighted by Gasteiger charge is 2.30. The summed E-state index contributed by atoms with van der Waals surface area (Å²) in [6.07, 6.45) is 0.914. The minimum absolute atomic E-state index is 0.232. The van der Waals surface area contributed by atoms with Crippen molar-refractivity contribution in [2.45, 2.75) is 26.4 Å². The van der Waals surface area contributed by atoms with Crippen molar-refractivity contribution >= 4 is 6.09 Å². The molecule has 0 saturated carbocycles. The second-order valence-electron chi connectivity index (χ2n) is 3.59. The molecule has 4 heteroatoms. The first-order chi connectivity index (χ1) is 5.94. The van der Waals surface area contributed by atoms with Gasteiger partial charge >= 0.3 is 6.09 Å². The summed E-state index contributed by atoms with van der Waals surface area (Å²) >= 11 is 0. The van der Waals surface area contributed by atoms with Crippen LogP contribution in [-0.2, 0) is 4.74 Å². The van der Waals surface area contributed by atoms with Crippen molar-refractivity contribution < 1.29 is 14.6 Å². The zero-order valence-corrected chi connectivity index (χ0v) is 8.12. The Balaban J connectivity index is 4.35. The zero-order valence-electron chi connectivity index (χ0n) is 8.12. The van der Waals surface area contributed by atoms with E-state index in [0.717, 1.165) is 0 Å². The first-order valence-corrected chi connectivity index (χ1v) is 4.12. The third-order valence-corrected chi connectivity index (χ3v) is 1.97. The molecule has 3 N–H and O–H groups in total. The van der Waals surface area contributed by atoms with Crippen LogP contribution in [0.1, 0.15) is 20.3 Å². The van der Waals surface area contributed by atoms with Crippen LogP contribution >= 0.6 is 0 Å². The predicted octanol–water partition coefficient (Wildman–Crippen LogP) is 1.04. The van der Waals surface area contributed by atoms with Crippen molar-refractivity contribution in [2.24, 2.45) is 11.1 Å². The molecule has 0 rings (SSSR count). The number of amides is 1. The Morgan fingerprint density at radius 1 is 1.77 bits per heavy atom. The molecule has 0 unspecified atom stereocenters. The van der Waals surface area contributed by atoms with Crippen LogP contribution < -0.4 is 5.73 Å². The molecular weight excluding hydrogens is 170 g/mol. The van der Waals surface area contributed by atoms with Gasteiger partial charge in [-0.2, -0.15) is 0 Å². The SMILES string of the molecule is C=CCC(C)(C)[C@@H](CO)OC(N)=O. The molecule has 0 aromatic carbocycles. The van der Waals surface area contributed by atoms with Crippen LogP contribution in [0.3, 0.4) is 0 Å². The maximum absolute atomic E-state index is 10.5. The number of primary amides is 1. The number of hydrogen-bond donors (Lipinski definition) is 2. The first kappa shape index (κ1) is 12.0. The fraction of sp³-hybridized carbons (Fsp3) is 0.667. The molecule has 1 amide bonds. The Bertz CT molecular complexity index is 189. The normalized spacial score (nSPS) is 13.5. The van der Waals surface area contributed by atoms with E-state index in [9.17, 15) is 4.79 Å². The molecule has 1 atom stereocenters. The van der Waals surface area contributed by atoms with Gasteiger partial charge in [-0.05, 0) is 6.42 Å². The number of carbonyl (C=O) groups is 1. The Kier molecular flexibility index (Phi) is 4.48. The summed E-state index contributed by atoms with van der Waals surface area (Å²) in [5.41, 5.74) is 4.52. The van der Waals surface area contributed by atoms with Crippen molar-refractivity contribution in [1.29, 1.82) is 0 Å². The number of aliphatic hydroxyl groups excluding tert-OH is 1. The van der Waals surface area contributed by atoms with Crippen LogP contribution in [0.25, 0.3) is 0 Å². The summed E-state index contributed by atoms with van der Waals surface area (Å²) in [6, 6.07) is 0. The highest BCUT2D eigenvalue weighted by atomic mass is 16.6. The second-order valence-corrected chi connectivity index (χ2v) is 3.59. The molecule has 0 bridgehead atoms. The van der Waals surface area contributed by atoms with Crippen molar-refractivity contribution in [1.82, 2.24) is 0 Å². The molecule has 0 saturated heterocycles. The van der Waals surface area contributed by atoms with E-state index in [-0.39, 0.29) is 12.0 Å². The number of nitrogens with two attached hydrogens (primary N) is 1. The lowest BCUT2D eigenvalue weighted by Gasteiger charge is -2.30. The Labute approximate surface area is 78.4 Å². The van der Waals surface area contributed by atoms with Gasteiger partial charge in [-0.3, -0.25) is 0 Å². The fourth-order valence-electron chi connectivity index (χ4n) is 1.09. The molecule has 0 heterocycles. The molecule has 0 aromatic rings. The van der Waals surface area contributed by atoms with E-state index >= 15 is 0 Å². The summed E-state index contributed by atoms with van der Waals surface area (Å²) in [7, 11) is 0. The van der Waals surface area contributed by atoms with Crippen LogP contribution in [0.2, 0.25) is 0 Å². The third kappa shape index (κ3) is 3.94. The molecule has 0 aliphatic carbocycles. The van der Waals surface area contributed by atoms with Crippen LogP contribution in [0.4, 0.5) is 4.79 Å². The Hall–Kier alpha value is -1.03. The van der Waals surface area contributed by atoms with Gasteiger partial charge in [0.1, 0.15) is 6.10 Å². The van der Waals surface area contributed by atoms with Gasteiger partial charge in [-0.25, -0.2) is 4.79 Å². The number of rotatable bonds is 5. The average Bonchev–Trinajstić information content (AvgIpc) is 1.99. The largest absolute Gasteiger partial charge is 0.443 e. The minimum Gasteiger partial charge on any atom is -0.443 e. The third-order valence-electron chi connectivity index (χ3n) is 1.97. The lowest BCUT2D eigenvalue weighted by molar-refractivity contribution is -0.00792. The summed E-state index contributed by atoms with van der Waals surface area (Å²) in [5, 5.41) is 8.97. The maximum Gasteiger partial charge on any atom is 0.404 e. The van der Waals surface area contributed by atoms with E-state index in [1.54, 1.807) is 6.08 Å². The van der Waals surface area contributed by atoms with Gasteiger partial charge in [0.05, 0.1) is 6.61 Å². The highest BCUT2D eigenvalue weighted by Crippen LogP contribution is 2.27. The quantitative estimate of drug-likeness (QED) is 0.632. The topological polar surface area (TPSA) is 72.6 Å². The summed E-state index contributed by atoms with van der Waals surface area (Å²) in [5.74, 6) is 0. The number of hydrogen-bond acceptors (Lipinski definition) is 3. The van der Waals surface area contributed by atoms with Crippen molar-refractivity contribution in [3.05, 3.63) is 12.7 Å². The maximum atomic E-state index is 10.5. The number of carbonyl (C=O) groups excluding carboxylic acids is 1. The molecule has 0 spiro atoms. The van der Waals surface area contributed by atoms with Gasteiger partial charge in [0.15, 0.2) is 0 Å². The predicted molar refractivity (Wildman–Crippen MR) is 50.1 cm³/mol. The first-order valence-electron chi connectivity index (χ1n) is 4.12. The van der Waals surface area contributed by atoms with Crippen LogP contribution in [0.5, 0.6) is 0 Å². The van der Waals surface area contributed by atoms with E-state index in [4.69, 9.17) is 15.6 Å². The molecular formula is C9H17NO3. The molecule has 0 radical (unpaired) electrons. The van der Waals surface area contributed by atoms with E-state index in [2.05, 4.69) is 6.58 Å². The van der Waals surface area contributed by atoms with Gasteiger partial charge in [-0.15, -0.1) is 6.58 Å². The van der Waals surface area contributed by atoms with Gasteiger partial charge in [-0.1, -0.05) is 19.9 Å². The van der Waals surface area contributed by atoms with Crippen LogP contribution in [-0.4, -0.2) is 23.9 Å². The number of aliphatic hydroxyl groups is 1. The number of allylic oxidation sites excluding steroid dienone is 1. The van der Waals surface area contributed by atoms with E-state index in [1.807, 2.05) is 13.8 Å². The van der Waals surface area contributed by atoms with E-state index in [1.165, 1.54) is 0 Å². The summed E-state index contributed by atoms with van der Waals surface area (Å²) in [4.78, 5) is 10.5. The lowest BCUT2D eigenvalue weighted by Crippen LogP contribution is -2.38. The van der Waals surface area contributed by atoms with Crippen molar-refractivity contribution in [3.8, 4) is 0 Å². The van der Waals surface area contributed by atoms with Gasteiger partial charge < -0.3 is 15.6 Å². The standard InChI is InChI=1S/C9H17NO3/c1-4-5-9(2,3)7(6-11)13-8(10)12/h4,7,11H,1,5-6H2,2-3H3,(H2,10,12)/t7-/m1/s1. The Morgan fingerprint density at radius 3 is 2.62 bits per heavy atom. The van der Waals surface area contributed by atoms with Crippen LogP contribution in [0, 0.1) is 5.41 Å². The Morgan fingerprint density at radius 2 is 2.31 bits per heavy atom. The monoisotopic (exact) mass is 187 g/mol. The van der Waals surface area contributed by atoms with Gasteiger partial charge in [0.2, 0.25) is 0 Å². The highest BCUT2D eigenvalue weighted by molar-refractivity contribution is 5.64. The molecule has 4 nitrogen and oxygen atoms in total. The zero-order chi connectivity index (χ0) is 10.5. The van der Waals surface area contributed by atoms with Crippen molar-refractivity contribution in [3.63, 3.8) is 0 Å². The van der Waals surface area contributed by atoms with Gasteiger partial charge in [0, 0.05) is 5.41 Å². The lowest BCUT2D eigenvalue weighted by atomic mass is 9.83. The summed E-state index contributed by atoms with van der Waals surface area (Å²) in [6.45, 7) is 7.10. The molecule has 0 aliphatic rings. The van der Waals surface area contributed by atoms with Gasteiger partial charge in [0.25, 0.3) is 0 Å². The molecule has 0 aromatic heterocycles. The van der Waals surface area contributed by atoms with Crippen molar-refractivity contribution in [2.75, 3.05) is 6.61 Å². The minimum atomic E-state index is -0.865.